The van der Waals surface area contributed by atoms with Crippen LogP contribution in [0.4, 0.5) is 4.39 Å². The smallest absolute Gasteiger partial charge is 0.247 e. The molecule has 19 heavy (non-hydrogen) atoms. The van der Waals surface area contributed by atoms with Crippen LogP contribution in [0.5, 0.6) is 0 Å². The summed E-state index contributed by atoms with van der Waals surface area (Å²) in [5, 5.41) is 0.551. The fourth-order valence-corrected chi connectivity index (χ4v) is 2.24. The normalized spacial score (nSPS) is 10.8. The standard InChI is InChI=1S/C14H7BrFNO2/c15-9-4-2-6-17-12(9)13(18)11-7-8-3-1-5-10(16)14(8)19-11/h1-7H. The van der Waals surface area contributed by atoms with Gasteiger partial charge in [0, 0.05) is 16.1 Å². The Morgan fingerprint density at radius 1 is 1.26 bits per heavy atom. The zero-order chi connectivity index (χ0) is 13.4. The Kier molecular flexibility index (Phi) is 2.91. The number of rotatable bonds is 2. The summed E-state index contributed by atoms with van der Waals surface area (Å²) in [4.78, 5) is 16.2. The van der Waals surface area contributed by atoms with Gasteiger partial charge in [0.1, 0.15) is 5.69 Å². The molecule has 0 bridgehead atoms. The highest BCUT2D eigenvalue weighted by molar-refractivity contribution is 9.10. The van der Waals surface area contributed by atoms with Crippen molar-refractivity contribution in [2.24, 2.45) is 0 Å². The van der Waals surface area contributed by atoms with Crippen molar-refractivity contribution in [3.63, 3.8) is 0 Å². The van der Waals surface area contributed by atoms with Crippen LogP contribution >= 0.6 is 15.9 Å². The third-order valence-corrected chi connectivity index (χ3v) is 3.33. The first-order valence-corrected chi connectivity index (χ1v) is 6.29. The molecule has 0 aliphatic carbocycles. The summed E-state index contributed by atoms with van der Waals surface area (Å²) in [7, 11) is 0. The first-order chi connectivity index (χ1) is 9.16. The maximum atomic E-state index is 13.5. The van der Waals surface area contributed by atoms with Gasteiger partial charge in [-0.3, -0.25) is 9.78 Å². The van der Waals surface area contributed by atoms with Crippen molar-refractivity contribution in [2.75, 3.05) is 0 Å². The average Bonchev–Trinajstić information content (AvgIpc) is 2.84. The second-order valence-corrected chi connectivity index (χ2v) is 4.79. The Balaban J connectivity index is 2.12. The highest BCUT2D eigenvalue weighted by Gasteiger charge is 2.19. The molecule has 0 spiro atoms. The fourth-order valence-electron chi connectivity index (χ4n) is 1.81. The summed E-state index contributed by atoms with van der Waals surface area (Å²) in [5.41, 5.74) is 0.319. The van der Waals surface area contributed by atoms with Crippen LogP contribution in [-0.2, 0) is 0 Å². The number of carbonyl (C=O) groups is 1. The van der Waals surface area contributed by atoms with E-state index in [2.05, 4.69) is 20.9 Å². The van der Waals surface area contributed by atoms with E-state index in [1.807, 2.05) is 0 Å². The lowest BCUT2D eigenvalue weighted by molar-refractivity contribution is 0.101. The molecule has 0 saturated heterocycles. The molecule has 1 aromatic carbocycles. The number of carbonyl (C=O) groups excluding carboxylic acids is 1. The third-order valence-electron chi connectivity index (χ3n) is 2.69. The second-order valence-electron chi connectivity index (χ2n) is 3.93. The van der Waals surface area contributed by atoms with Gasteiger partial charge < -0.3 is 4.42 Å². The molecule has 3 nitrogen and oxygen atoms in total. The van der Waals surface area contributed by atoms with E-state index >= 15 is 0 Å². The van der Waals surface area contributed by atoms with Gasteiger partial charge in [0.25, 0.3) is 0 Å². The van der Waals surface area contributed by atoms with E-state index < -0.39 is 5.82 Å². The minimum absolute atomic E-state index is 0.0690. The lowest BCUT2D eigenvalue weighted by atomic mass is 10.2. The number of benzene rings is 1. The van der Waals surface area contributed by atoms with Crippen molar-refractivity contribution in [1.82, 2.24) is 4.98 Å². The molecule has 0 fully saturated rings. The van der Waals surface area contributed by atoms with Crippen molar-refractivity contribution in [3.8, 4) is 0 Å². The summed E-state index contributed by atoms with van der Waals surface area (Å²) < 4.78 is 19.4. The summed E-state index contributed by atoms with van der Waals surface area (Å²) >= 11 is 3.25. The molecule has 2 heterocycles. The van der Waals surface area contributed by atoms with Gasteiger partial charge in [-0.05, 0) is 40.2 Å². The van der Waals surface area contributed by atoms with E-state index in [9.17, 15) is 9.18 Å². The molecule has 3 rings (SSSR count). The quantitative estimate of drug-likeness (QED) is 0.671. The molecule has 0 N–H and O–H groups in total. The van der Waals surface area contributed by atoms with E-state index in [1.165, 1.54) is 18.3 Å². The molecular weight excluding hydrogens is 313 g/mol. The molecule has 0 radical (unpaired) electrons. The molecule has 0 aliphatic rings. The van der Waals surface area contributed by atoms with E-state index in [-0.39, 0.29) is 22.8 Å². The molecule has 3 aromatic rings. The van der Waals surface area contributed by atoms with Gasteiger partial charge in [-0.1, -0.05) is 12.1 Å². The number of ketones is 1. The van der Waals surface area contributed by atoms with Crippen molar-refractivity contribution < 1.29 is 13.6 Å². The van der Waals surface area contributed by atoms with Crippen LogP contribution in [-0.4, -0.2) is 10.8 Å². The van der Waals surface area contributed by atoms with E-state index in [4.69, 9.17) is 4.42 Å². The highest BCUT2D eigenvalue weighted by atomic mass is 79.9. The Morgan fingerprint density at radius 2 is 2.11 bits per heavy atom. The average molecular weight is 320 g/mol. The number of fused-ring (bicyclic) bond motifs is 1. The van der Waals surface area contributed by atoms with Gasteiger partial charge in [-0.15, -0.1) is 0 Å². The number of pyridine rings is 1. The van der Waals surface area contributed by atoms with Crippen molar-refractivity contribution >= 4 is 32.7 Å². The lowest BCUT2D eigenvalue weighted by Gasteiger charge is -1.98. The Morgan fingerprint density at radius 3 is 2.84 bits per heavy atom. The molecule has 0 atom stereocenters. The molecule has 0 unspecified atom stereocenters. The predicted octanol–water partition coefficient (Wildman–Crippen LogP) is 3.96. The van der Waals surface area contributed by atoms with Crippen LogP contribution in [0.1, 0.15) is 16.2 Å². The topological polar surface area (TPSA) is 43.1 Å². The molecule has 5 heteroatoms. The summed E-state index contributed by atoms with van der Waals surface area (Å²) in [6.45, 7) is 0. The number of halogens is 2. The first-order valence-electron chi connectivity index (χ1n) is 5.50. The Bertz CT molecular complexity index is 782. The Labute approximate surface area is 116 Å². The van der Waals surface area contributed by atoms with Gasteiger partial charge in [-0.25, -0.2) is 4.39 Å². The zero-order valence-electron chi connectivity index (χ0n) is 9.56. The van der Waals surface area contributed by atoms with E-state index in [0.717, 1.165) is 0 Å². The minimum Gasteiger partial charge on any atom is -0.449 e. The van der Waals surface area contributed by atoms with Crippen LogP contribution in [0.15, 0.2) is 51.5 Å². The van der Waals surface area contributed by atoms with Crippen molar-refractivity contribution in [2.45, 2.75) is 0 Å². The van der Waals surface area contributed by atoms with Crippen LogP contribution in [0.2, 0.25) is 0 Å². The van der Waals surface area contributed by atoms with Gasteiger partial charge in [-0.2, -0.15) is 0 Å². The number of nitrogens with zero attached hydrogens (tertiary/aromatic N) is 1. The predicted molar refractivity (Wildman–Crippen MR) is 71.5 cm³/mol. The zero-order valence-corrected chi connectivity index (χ0v) is 11.1. The van der Waals surface area contributed by atoms with Crippen LogP contribution in [0.25, 0.3) is 11.0 Å². The largest absolute Gasteiger partial charge is 0.449 e. The fraction of sp³-hybridized carbons (Fsp3) is 0. The molecule has 0 aliphatic heterocycles. The SMILES string of the molecule is O=C(c1cc2cccc(F)c2o1)c1ncccc1Br. The second kappa shape index (κ2) is 4.59. The molecule has 0 amide bonds. The Hall–Kier alpha value is -2.01. The maximum Gasteiger partial charge on any atom is 0.247 e. The van der Waals surface area contributed by atoms with Gasteiger partial charge in [0.15, 0.2) is 17.2 Å². The van der Waals surface area contributed by atoms with Gasteiger partial charge in [0.05, 0.1) is 0 Å². The van der Waals surface area contributed by atoms with Crippen LogP contribution < -0.4 is 0 Å². The molecule has 94 valence electrons. The summed E-state index contributed by atoms with van der Waals surface area (Å²) in [5.74, 6) is -0.806. The van der Waals surface area contributed by atoms with Crippen LogP contribution in [0.3, 0.4) is 0 Å². The minimum atomic E-state index is -0.489. The third kappa shape index (κ3) is 2.06. The number of aromatic nitrogens is 1. The summed E-state index contributed by atoms with van der Waals surface area (Å²) in [6.07, 6.45) is 1.52. The number of hydrogen-bond acceptors (Lipinski definition) is 3. The number of furan rings is 1. The molecule has 2 aromatic heterocycles. The monoisotopic (exact) mass is 319 g/mol. The molecule has 0 saturated carbocycles. The van der Waals surface area contributed by atoms with Crippen molar-refractivity contribution in [3.05, 3.63) is 64.3 Å². The van der Waals surface area contributed by atoms with Crippen LogP contribution in [0, 0.1) is 5.82 Å². The highest BCUT2D eigenvalue weighted by Crippen LogP contribution is 2.25. The summed E-state index contributed by atoms with van der Waals surface area (Å²) in [6, 6.07) is 9.48. The lowest BCUT2D eigenvalue weighted by Crippen LogP contribution is -2.03. The first kappa shape index (κ1) is 12.0. The van der Waals surface area contributed by atoms with E-state index in [0.29, 0.717) is 9.86 Å². The number of para-hydroxylation sites is 1. The molecular formula is C14H7BrFNO2. The van der Waals surface area contributed by atoms with E-state index in [1.54, 1.807) is 24.3 Å². The van der Waals surface area contributed by atoms with Gasteiger partial charge >= 0.3 is 0 Å². The maximum absolute atomic E-state index is 13.5. The van der Waals surface area contributed by atoms with Gasteiger partial charge in [0.2, 0.25) is 5.78 Å². The van der Waals surface area contributed by atoms with Crippen molar-refractivity contribution in [1.29, 1.82) is 0 Å². The number of hydrogen-bond donors (Lipinski definition) is 0.